The molecule has 3 nitrogen and oxygen atoms in total. The number of aromatic nitrogens is 2. The maximum absolute atomic E-state index is 5.82. The van der Waals surface area contributed by atoms with Gasteiger partial charge in [0.25, 0.3) is 0 Å². The summed E-state index contributed by atoms with van der Waals surface area (Å²) in [6.45, 7) is 8.01. The van der Waals surface area contributed by atoms with E-state index in [1.54, 1.807) is 4.68 Å². The zero-order valence-electron chi connectivity index (χ0n) is 10.1. The van der Waals surface area contributed by atoms with Crippen LogP contribution in [0.1, 0.15) is 44.9 Å². The van der Waals surface area contributed by atoms with Crippen LogP contribution in [0.3, 0.4) is 0 Å². The highest BCUT2D eigenvalue weighted by molar-refractivity contribution is 5.39. The van der Waals surface area contributed by atoms with Gasteiger partial charge in [-0.1, -0.05) is 25.7 Å². The molecule has 0 aromatic carbocycles. The fourth-order valence-electron chi connectivity index (χ4n) is 1.26. The van der Waals surface area contributed by atoms with Crippen molar-refractivity contribution in [2.75, 3.05) is 0 Å². The van der Waals surface area contributed by atoms with Gasteiger partial charge >= 0.3 is 0 Å². The Morgan fingerprint density at radius 3 is 2.53 bits per heavy atom. The van der Waals surface area contributed by atoms with Gasteiger partial charge in [0, 0.05) is 13.2 Å². The fourth-order valence-corrected chi connectivity index (χ4v) is 1.26. The van der Waals surface area contributed by atoms with Crippen LogP contribution in [0, 0.1) is 11.8 Å². The molecule has 0 atom stereocenters. The molecule has 0 unspecified atom stereocenters. The summed E-state index contributed by atoms with van der Waals surface area (Å²) in [6, 6.07) is 0. The minimum absolute atomic E-state index is 0.386. The van der Waals surface area contributed by atoms with Crippen LogP contribution in [0.25, 0.3) is 0 Å². The smallest absolute Gasteiger partial charge is 0.0806 e. The van der Waals surface area contributed by atoms with E-state index in [2.05, 4.69) is 30.8 Å². The van der Waals surface area contributed by atoms with E-state index in [-0.39, 0.29) is 0 Å². The molecule has 0 amide bonds. The van der Waals surface area contributed by atoms with Crippen LogP contribution >= 0.6 is 0 Å². The van der Waals surface area contributed by atoms with E-state index in [9.17, 15) is 0 Å². The third-order valence-corrected chi connectivity index (χ3v) is 1.92. The molecule has 2 N–H and O–H groups in total. The molecule has 0 bridgehead atoms. The second-order valence-electron chi connectivity index (χ2n) is 4.73. The second kappa shape index (κ2) is 4.08. The largest absolute Gasteiger partial charge is 0.316 e. The fraction of sp³-hybridized carbons (Fsp3) is 0.583. The molecule has 0 fully saturated rings. The summed E-state index contributed by atoms with van der Waals surface area (Å²) >= 11 is 0. The third-order valence-electron chi connectivity index (χ3n) is 1.92. The van der Waals surface area contributed by atoms with Crippen molar-refractivity contribution in [2.24, 2.45) is 12.8 Å². The van der Waals surface area contributed by atoms with Crippen molar-refractivity contribution in [1.82, 2.24) is 9.78 Å². The van der Waals surface area contributed by atoms with Crippen molar-refractivity contribution in [1.29, 1.82) is 0 Å². The number of aryl methyl sites for hydroxylation is 1. The molecule has 0 aliphatic carbocycles. The summed E-state index contributed by atoms with van der Waals surface area (Å²) in [5.41, 5.74) is 7.38. The summed E-state index contributed by atoms with van der Waals surface area (Å²) in [6.07, 6.45) is 1.94. The van der Waals surface area contributed by atoms with Crippen LogP contribution in [0.2, 0.25) is 0 Å². The molecule has 82 valence electrons. The molecule has 1 rings (SSSR count). The number of nitrogens with two attached hydrogens (primary N) is 1. The molecule has 0 saturated heterocycles. The van der Waals surface area contributed by atoms with Crippen LogP contribution in [0.4, 0.5) is 0 Å². The number of hydrogen-bond donors (Lipinski definition) is 1. The Morgan fingerprint density at radius 1 is 1.47 bits per heavy atom. The normalized spacial score (nSPS) is 11.4. The lowest BCUT2D eigenvalue weighted by atomic mass is 10.0. The number of hydrogen-bond acceptors (Lipinski definition) is 2. The van der Waals surface area contributed by atoms with E-state index >= 15 is 0 Å². The zero-order valence-corrected chi connectivity index (χ0v) is 10.1. The predicted octanol–water partition coefficient (Wildman–Crippen LogP) is 1.63. The molecule has 0 aliphatic heterocycles. The van der Waals surface area contributed by atoms with Gasteiger partial charge in [0.15, 0.2) is 0 Å². The summed E-state index contributed by atoms with van der Waals surface area (Å²) in [5, 5.41) is 4.38. The summed E-state index contributed by atoms with van der Waals surface area (Å²) in [5.74, 6) is 6.50. The van der Waals surface area contributed by atoms with E-state index in [0.29, 0.717) is 5.92 Å². The van der Waals surface area contributed by atoms with Gasteiger partial charge in [0.2, 0.25) is 0 Å². The maximum Gasteiger partial charge on any atom is 0.0806 e. The van der Waals surface area contributed by atoms with Gasteiger partial charge in [0.1, 0.15) is 0 Å². The van der Waals surface area contributed by atoms with Crippen LogP contribution in [0.5, 0.6) is 0 Å². The molecule has 0 saturated carbocycles. The zero-order chi connectivity index (χ0) is 11.6. The molecule has 3 heteroatoms. The molecular weight excluding hydrogens is 186 g/mol. The molecule has 0 aliphatic rings. The van der Waals surface area contributed by atoms with Gasteiger partial charge < -0.3 is 5.73 Å². The predicted molar refractivity (Wildman–Crippen MR) is 62.4 cm³/mol. The van der Waals surface area contributed by atoms with E-state index in [1.165, 1.54) is 0 Å². The SMILES string of the molecule is CC(C)c1nn(C)cc1C#CC(C)(C)N. The van der Waals surface area contributed by atoms with Gasteiger partial charge in [-0.15, -0.1) is 0 Å². The average Bonchev–Trinajstić information content (AvgIpc) is 2.42. The first kappa shape index (κ1) is 11.8. The Kier molecular flexibility index (Phi) is 3.21. The Hall–Kier alpha value is -1.27. The highest BCUT2D eigenvalue weighted by Gasteiger charge is 2.10. The quantitative estimate of drug-likeness (QED) is 0.708. The van der Waals surface area contributed by atoms with Gasteiger partial charge in [0.05, 0.1) is 16.8 Å². The van der Waals surface area contributed by atoms with Gasteiger partial charge in [-0.3, -0.25) is 4.68 Å². The van der Waals surface area contributed by atoms with Crippen LogP contribution in [-0.4, -0.2) is 15.3 Å². The van der Waals surface area contributed by atoms with Crippen molar-refractivity contribution < 1.29 is 0 Å². The van der Waals surface area contributed by atoms with Crippen LogP contribution < -0.4 is 5.73 Å². The maximum atomic E-state index is 5.82. The highest BCUT2D eigenvalue weighted by Crippen LogP contribution is 2.16. The van der Waals surface area contributed by atoms with Crippen LogP contribution in [-0.2, 0) is 7.05 Å². The average molecular weight is 205 g/mol. The molecule has 15 heavy (non-hydrogen) atoms. The van der Waals surface area contributed by atoms with Crippen molar-refractivity contribution in [2.45, 2.75) is 39.2 Å². The molecule has 0 spiro atoms. The molecule has 1 aromatic heterocycles. The van der Waals surface area contributed by atoms with Crippen molar-refractivity contribution in [3.63, 3.8) is 0 Å². The lowest BCUT2D eigenvalue weighted by Crippen LogP contribution is -2.29. The third kappa shape index (κ3) is 3.41. The first-order valence-electron chi connectivity index (χ1n) is 5.15. The highest BCUT2D eigenvalue weighted by atomic mass is 15.3. The van der Waals surface area contributed by atoms with Crippen molar-refractivity contribution in [3.05, 3.63) is 17.5 Å². The first-order chi connectivity index (χ1) is 6.79. The second-order valence-corrected chi connectivity index (χ2v) is 4.73. The Balaban J connectivity index is 3.08. The van der Waals surface area contributed by atoms with Crippen molar-refractivity contribution in [3.8, 4) is 11.8 Å². The lowest BCUT2D eigenvalue weighted by Gasteiger charge is -2.07. The van der Waals surface area contributed by atoms with Crippen molar-refractivity contribution >= 4 is 0 Å². The summed E-state index contributed by atoms with van der Waals surface area (Å²) < 4.78 is 1.79. The van der Waals surface area contributed by atoms with E-state index in [1.807, 2.05) is 27.1 Å². The minimum Gasteiger partial charge on any atom is -0.316 e. The topological polar surface area (TPSA) is 43.8 Å². The monoisotopic (exact) mass is 205 g/mol. The van der Waals surface area contributed by atoms with E-state index in [0.717, 1.165) is 11.3 Å². The van der Waals surface area contributed by atoms with E-state index in [4.69, 9.17) is 5.73 Å². The number of nitrogens with zero attached hydrogens (tertiary/aromatic N) is 2. The molecule has 1 heterocycles. The molecular formula is C12H19N3. The number of rotatable bonds is 1. The van der Waals surface area contributed by atoms with Gasteiger partial charge in [-0.25, -0.2) is 0 Å². The van der Waals surface area contributed by atoms with Gasteiger partial charge in [-0.2, -0.15) is 5.10 Å². The molecule has 0 radical (unpaired) electrons. The minimum atomic E-state index is -0.454. The van der Waals surface area contributed by atoms with E-state index < -0.39 is 5.54 Å². The Bertz CT molecular complexity index is 397. The first-order valence-corrected chi connectivity index (χ1v) is 5.15. The standard InChI is InChI=1S/C12H19N3/c1-9(2)11-10(8-15(5)14-11)6-7-12(3,4)13/h8-9H,13H2,1-5H3. The summed E-state index contributed by atoms with van der Waals surface area (Å²) in [7, 11) is 1.91. The Labute approximate surface area is 91.7 Å². The Morgan fingerprint density at radius 2 is 2.07 bits per heavy atom. The molecule has 1 aromatic rings. The summed E-state index contributed by atoms with van der Waals surface area (Å²) in [4.78, 5) is 0. The van der Waals surface area contributed by atoms with Gasteiger partial charge in [-0.05, 0) is 19.8 Å². The lowest BCUT2D eigenvalue weighted by molar-refractivity contribution is 0.680. The van der Waals surface area contributed by atoms with Crippen LogP contribution in [0.15, 0.2) is 6.20 Å².